The maximum absolute atomic E-state index is 12.6. The van der Waals surface area contributed by atoms with E-state index in [-0.39, 0.29) is 12.3 Å². The number of esters is 1. The second-order valence-corrected chi connectivity index (χ2v) is 9.45. The molecule has 1 aromatic heterocycles. The lowest BCUT2D eigenvalue weighted by molar-refractivity contribution is 0.0593. The number of halogens is 3. The Balaban J connectivity index is 1.72. The van der Waals surface area contributed by atoms with Crippen molar-refractivity contribution < 1.29 is 14.4 Å². The molecule has 0 amide bonds. The minimum Gasteiger partial charge on any atom is -0.464 e. The van der Waals surface area contributed by atoms with Crippen molar-refractivity contribution in [3.63, 3.8) is 0 Å². The molecule has 3 aromatic carbocycles. The number of hydrogen-bond acceptors (Lipinski definition) is 6. The fourth-order valence-electron chi connectivity index (χ4n) is 3.07. The van der Waals surface area contributed by atoms with Gasteiger partial charge in [0, 0.05) is 25.5 Å². The van der Waals surface area contributed by atoms with E-state index < -0.39 is 5.97 Å². The van der Waals surface area contributed by atoms with Gasteiger partial charge in [0.1, 0.15) is 11.6 Å². The van der Waals surface area contributed by atoms with Crippen LogP contribution in [0.4, 0.5) is 0 Å². The number of nitrogens with zero attached hydrogens (tertiary/aromatic N) is 3. The van der Waals surface area contributed by atoms with Gasteiger partial charge >= 0.3 is 5.97 Å². The number of carbonyl (C=O) groups is 1. The highest BCUT2D eigenvalue weighted by Crippen LogP contribution is 2.34. The van der Waals surface area contributed by atoms with Gasteiger partial charge in [-0.05, 0) is 48.5 Å². The molecule has 1 heterocycles. The Bertz CT molecular complexity index is 1360. The third-order valence-electron chi connectivity index (χ3n) is 4.78. The molecule has 0 fully saturated rings. The Labute approximate surface area is 221 Å². The van der Waals surface area contributed by atoms with Crippen LogP contribution in [0.3, 0.4) is 0 Å². The number of methoxy groups -OCH3 is 1. The fraction of sp³-hybridized carbons (Fsp3) is 0.0800. The molecule has 35 heavy (non-hydrogen) atoms. The molecule has 0 aliphatic carbocycles. The molecule has 4 aromatic rings. The number of para-hydroxylation sites is 1. The van der Waals surface area contributed by atoms with E-state index in [2.05, 4.69) is 10.3 Å². The zero-order chi connectivity index (χ0) is 24.8. The summed E-state index contributed by atoms with van der Waals surface area (Å²) >= 11 is 19.6. The van der Waals surface area contributed by atoms with Crippen LogP contribution in [0, 0.1) is 0 Å². The molecule has 0 atom stereocenters. The fourth-order valence-corrected chi connectivity index (χ4v) is 4.65. The highest BCUT2D eigenvalue weighted by Gasteiger charge is 2.24. The quantitative estimate of drug-likeness (QED) is 0.132. The third kappa shape index (κ3) is 6.18. The van der Waals surface area contributed by atoms with Crippen LogP contribution in [0.15, 0.2) is 87.9 Å². The molecule has 0 aliphatic heterocycles. The number of oxime groups is 1. The standard InChI is InChI=1S/C25H18Cl3N3O3S/c1-33-25(32)23-21(14-29-34-15-16-7-8-18(27)13-22(16)28)24(35-20-11-9-17(26)10-12-20)31(30-23)19-5-3-2-4-6-19/h2-14H,15H2,1H3/b29-14+. The minimum absolute atomic E-state index is 0.102. The number of benzene rings is 3. The molecule has 0 radical (unpaired) electrons. The summed E-state index contributed by atoms with van der Waals surface area (Å²) in [4.78, 5) is 19.0. The Morgan fingerprint density at radius 3 is 2.43 bits per heavy atom. The molecule has 4 rings (SSSR count). The summed E-state index contributed by atoms with van der Waals surface area (Å²) in [6.45, 7) is 0.118. The van der Waals surface area contributed by atoms with Gasteiger partial charge in [0.2, 0.25) is 0 Å². The topological polar surface area (TPSA) is 65.7 Å². The zero-order valence-electron chi connectivity index (χ0n) is 18.3. The first kappa shape index (κ1) is 25.1. The van der Waals surface area contributed by atoms with Gasteiger partial charge in [0.25, 0.3) is 0 Å². The maximum Gasteiger partial charge on any atom is 0.359 e. The molecule has 178 valence electrons. The van der Waals surface area contributed by atoms with Gasteiger partial charge in [-0.3, -0.25) is 0 Å². The molecular formula is C25H18Cl3N3O3S. The Kier molecular flexibility index (Phi) is 8.36. The SMILES string of the molecule is COC(=O)c1nn(-c2ccccc2)c(Sc2ccc(Cl)cc2)c1/C=N/OCc1ccc(Cl)cc1Cl. The summed E-state index contributed by atoms with van der Waals surface area (Å²) in [6, 6.07) is 21.9. The van der Waals surface area contributed by atoms with Crippen molar-refractivity contribution in [2.75, 3.05) is 7.11 Å². The van der Waals surface area contributed by atoms with Crippen molar-refractivity contribution in [3.8, 4) is 5.69 Å². The number of rotatable bonds is 8. The van der Waals surface area contributed by atoms with Gasteiger partial charge in [0.05, 0.1) is 24.6 Å². The summed E-state index contributed by atoms with van der Waals surface area (Å²) in [5, 5.41) is 10.9. The van der Waals surface area contributed by atoms with Crippen molar-refractivity contribution in [1.82, 2.24) is 9.78 Å². The van der Waals surface area contributed by atoms with E-state index in [0.29, 0.717) is 25.7 Å². The lowest BCUT2D eigenvalue weighted by atomic mass is 10.2. The Morgan fingerprint density at radius 1 is 1.03 bits per heavy atom. The van der Waals surface area contributed by atoms with E-state index in [1.807, 2.05) is 42.5 Å². The van der Waals surface area contributed by atoms with E-state index in [9.17, 15) is 4.79 Å². The van der Waals surface area contributed by atoms with Gasteiger partial charge in [-0.1, -0.05) is 76.0 Å². The second-order valence-electron chi connectivity index (χ2n) is 7.11. The molecule has 0 saturated heterocycles. The van der Waals surface area contributed by atoms with E-state index in [0.717, 1.165) is 16.1 Å². The van der Waals surface area contributed by atoms with Crippen LogP contribution in [0.2, 0.25) is 15.1 Å². The van der Waals surface area contributed by atoms with E-state index in [1.54, 1.807) is 35.0 Å². The van der Waals surface area contributed by atoms with Gasteiger partial charge in [-0.2, -0.15) is 5.10 Å². The number of aromatic nitrogens is 2. The Hall–Kier alpha value is -2.97. The molecule has 6 nitrogen and oxygen atoms in total. The summed E-state index contributed by atoms with van der Waals surface area (Å²) in [7, 11) is 1.30. The molecule has 0 spiro atoms. The van der Waals surface area contributed by atoms with Crippen LogP contribution in [0.1, 0.15) is 21.6 Å². The molecule has 0 N–H and O–H groups in total. The first-order valence-electron chi connectivity index (χ1n) is 10.3. The van der Waals surface area contributed by atoms with Crippen LogP contribution in [0.5, 0.6) is 0 Å². The first-order chi connectivity index (χ1) is 17.0. The van der Waals surface area contributed by atoms with Crippen molar-refractivity contribution in [3.05, 3.63) is 105 Å². The maximum atomic E-state index is 12.6. The number of carbonyl (C=O) groups excluding carboxylic acids is 1. The van der Waals surface area contributed by atoms with Gasteiger partial charge < -0.3 is 9.57 Å². The van der Waals surface area contributed by atoms with Crippen LogP contribution in [-0.4, -0.2) is 29.1 Å². The highest BCUT2D eigenvalue weighted by molar-refractivity contribution is 7.99. The predicted octanol–water partition coefficient (Wildman–Crippen LogP) is 7.32. The number of ether oxygens (including phenoxy) is 1. The van der Waals surface area contributed by atoms with Crippen LogP contribution in [-0.2, 0) is 16.2 Å². The third-order valence-corrected chi connectivity index (χ3v) is 6.71. The summed E-state index contributed by atoms with van der Waals surface area (Å²) in [6.07, 6.45) is 1.45. The predicted molar refractivity (Wildman–Crippen MR) is 139 cm³/mol. The molecule has 0 bridgehead atoms. The molecule has 0 unspecified atom stereocenters. The Morgan fingerprint density at radius 2 is 1.74 bits per heavy atom. The average Bonchev–Trinajstić information content (AvgIpc) is 3.22. The monoisotopic (exact) mass is 545 g/mol. The zero-order valence-corrected chi connectivity index (χ0v) is 21.4. The first-order valence-corrected chi connectivity index (χ1v) is 12.2. The van der Waals surface area contributed by atoms with Gasteiger partial charge in [-0.25, -0.2) is 9.48 Å². The van der Waals surface area contributed by atoms with Crippen LogP contribution in [0.25, 0.3) is 5.69 Å². The summed E-state index contributed by atoms with van der Waals surface area (Å²) in [5.41, 5.74) is 2.03. The normalized spacial score (nSPS) is 11.1. The van der Waals surface area contributed by atoms with Gasteiger partial charge in [-0.15, -0.1) is 0 Å². The lowest BCUT2D eigenvalue weighted by Gasteiger charge is -2.08. The van der Waals surface area contributed by atoms with Crippen molar-refractivity contribution in [2.45, 2.75) is 16.5 Å². The smallest absolute Gasteiger partial charge is 0.359 e. The molecular weight excluding hydrogens is 529 g/mol. The highest BCUT2D eigenvalue weighted by atomic mass is 35.5. The lowest BCUT2D eigenvalue weighted by Crippen LogP contribution is -2.06. The minimum atomic E-state index is -0.597. The van der Waals surface area contributed by atoms with E-state index in [4.69, 9.17) is 44.4 Å². The average molecular weight is 547 g/mol. The van der Waals surface area contributed by atoms with E-state index >= 15 is 0 Å². The van der Waals surface area contributed by atoms with Gasteiger partial charge in [0.15, 0.2) is 5.69 Å². The molecule has 10 heteroatoms. The second kappa shape index (κ2) is 11.6. The number of hydrogen-bond donors (Lipinski definition) is 0. The summed E-state index contributed by atoms with van der Waals surface area (Å²) < 4.78 is 6.65. The van der Waals surface area contributed by atoms with Crippen molar-refractivity contribution in [1.29, 1.82) is 0 Å². The van der Waals surface area contributed by atoms with Crippen LogP contribution >= 0.6 is 46.6 Å². The summed E-state index contributed by atoms with van der Waals surface area (Å²) in [5.74, 6) is -0.597. The largest absolute Gasteiger partial charge is 0.464 e. The molecule has 0 saturated carbocycles. The van der Waals surface area contributed by atoms with Crippen molar-refractivity contribution in [2.24, 2.45) is 5.16 Å². The van der Waals surface area contributed by atoms with Crippen LogP contribution < -0.4 is 0 Å². The molecule has 0 aliphatic rings. The van der Waals surface area contributed by atoms with E-state index in [1.165, 1.54) is 25.1 Å². The van der Waals surface area contributed by atoms with Crippen molar-refractivity contribution >= 4 is 58.7 Å².